The number of nitrogens with one attached hydrogen (secondary N) is 2. The Hall–Kier alpha value is -2.12. The summed E-state index contributed by atoms with van der Waals surface area (Å²) in [6.07, 6.45) is 3.08. The average molecular weight is 330 g/mol. The lowest BCUT2D eigenvalue weighted by Crippen LogP contribution is -2.52. The highest BCUT2D eigenvalue weighted by atomic mass is 16.8. The summed E-state index contributed by atoms with van der Waals surface area (Å²) < 4.78 is 0. The van der Waals surface area contributed by atoms with E-state index in [1.165, 1.54) is 5.56 Å². The zero-order valence-corrected chi connectivity index (χ0v) is 13.7. The van der Waals surface area contributed by atoms with Gasteiger partial charge in [0.05, 0.1) is 11.4 Å². The van der Waals surface area contributed by atoms with Crippen LogP contribution >= 0.6 is 0 Å². The van der Waals surface area contributed by atoms with Gasteiger partial charge in [-0.15, -0.1) is 0 Å². The van der Waals surface area contributed by atoms with Gasteiger partial charge in [-0.2, -0.15) is 4.94 Å². The molecule has 1 atom stereocenters. The van der Waals surface area contributed by atoms with Crippen LogP contribution in [0.4, 0.5) is 11.4 Å². The zero-order valence-electron chi connectivity index (χ0n) is 13.7. The number of imide groups is 1. The van der Waals surface area contributed by atoms with Crippen LogP contribution in [-0.2, 0) is 14.5 Å². The van der Waals surface area contributed by atoms with Crippen molar-refractivity contribution in [1.29, 1.82) is 0 Å². The fourth-order valence-electron chi connectivity index (χ4n) is 3.74. The summed E-state index contributed by atoms with van der Waals surface area (Å²) in [6, 6.07) is 5.85. The Kier molecular flexibility index (Phi) is 3.90. The third-order valence-electron chi connectivity index (χ3n) is 5.09. The van der Waals surface area contributed by atoms with E-state index in [9.17, 15) is 9.59 Å². The Morgan fingerprint density at radius 1 is 1.12 bits per heavy atom. The third-order valence-corrected chi connectivity index (χ3v) is 5.09. The van der Waals surface area contributed by atoms with E-state index in [4.69, 9.17) is 4.94 Å². The van der Waals surface area contributed by atoms with E-state index in [1.807, 2.05) is 13.1 Å². The number of nitrogens with zero attached hydrogens (tertiary/aromatic N) is 2. The Morgan fingerprint density at radius 2 is 1.92 bits per heavy atom. The highest BCUT2D eigenvalue weighted by molar-refractivity contribution is 6.02. The number of carbonyl (C=O) groups is 2. The number of piperidine rings is 2. The molecular weight excluding hydrogens is 308 g/mol. The maximum absolute atomic E-state index is 12.1. The van der Waals surface area contributed by atoms with Crippen LogP contribution in [0.5, 0.6) is 0 Å². The van der Waals surface area contributed by atoms with Crippen LogP contribution in [0.15, 0.2) is 18.2 Å². The van der Waals surface area contributed by atoms with Crippen molar-refractivity contribution in [2.45, 2.75) is 37.6 Å². The molecule has 3 heterocycles. The van der Waals surface area contributed by atoms with E-state index < -0.39 is 6.04 Å². The first-order valence-corrected chi connectivity index (χ1v) is 8.53. The standard InChI is InChI=1S/C17H22N4O3/c1-20-15-10-12(11-6-8-18-9-7-11)2-3-13(15)21(24-20)14-4-5-16(22)19-17(14)23/h2-3,10-11,14,18H,4-9H2,1H3,(H,19,22,23). The molecule has 24 heavy (non-hydrogen) atoms. The molecule has 0 bridgehead atoms. The first kappa shape index (κ1) is 15.4. The predicted molar refractivity (Wildman–Crippen MR) is 89.4 cm³/mol. The van der Waals surface area contributed by atoms with Gasteiger partial charge in [0.25, 0.3) is 5.91 Å². The van der Waals surface area contributed by atoms with E-state index in [0.29, 0.717) is 18.8 Å². The molecule has 2 saturated heterocycles. The fourth-order valence-corrected chi connectivity index (χ4v) is 3.74. The molecule has 2 N–H and O–H groups in total. The molecule has 0 saturated carbocycles. The number of hydroxylamine groups is 2. The highest BCUT2D eigenvalue weighted by Gasteiger charge is 2.38. The van der Waals surface area contributed by atoms with Gasteiger partial charge in [-0.25, -0.2) is 10.1 Å². The van der Waals surface area contributed by atoms with Gasteiger partial charge < -0.3 is 5.32 Å². The van der Waals surface area contributed by atoms with E-state index in [-0.39, 0.29) is 11.8 Å². The maximum Gasteiger partial charge on any atom is 0.251 e. The molecule has 2 amide bonds. The van der Waals surface area contributed by atoms with Gasteiger partial charge in [0.2, 0.25) is 5.91 Å². The van der Waals surface area contributed by atoms with Gasteiger partial charge in [-0.1, -0.05) is 6.07 Å². The summed E-state index contributed by atoms with van der Waals surface area (Å²) in [5, 5.41) is 9.11. The van der Waals surface area contributed by atoms with Gasteiger partial charge in [0.15, 0.2) is 0 Å². The van der Waals surface area contributed by atoms with Crippen molar-refractivity contribution < 1.29 is 14.5 Å². The molecule has 4 rings (SSSR count). The molecule has 0 radical (unpaired) electrons. The van der Waals surface area contributed by atoms with Crippen molar-refractivity contribution in [1.82, 2.24) is 10.6 Å². The lowest BCUT2D eigenvalue weighted by Gasteiger charge is -2.29. The molecule has 7 nitrogen and oxygen atoms in total. The van der Waals surface area contributed by atoms with E-state index in [1.54, 1.807) is 10.1 Å². The summed E-state index contributed by atoms with van der Waals surface area (Å²) >= 11 is 0. The summed E-state index contributed by atoms with van der Waals surface area (Å²) in [5.41, 5.74) is 3.16. The maximum atomic E-state index is 12.1. The number of anilines is 2. The van der Waals surface area contributed by atoms with Gasteiger partial charge in [-0.05, 0) is 56.0 Å². The van der Waals surface area contributed by atoms with Crippen molar-refractivity contribution in [3.05, 3.63) is 23.8 Å². The normalized spacial score (nSPS) is 25.0. The summed E-state index contributed by atoms with van der Waals surface area (Å²) in [6.45, 7) is 2.10. The second-order valence-electron chi connectivity index (χ2n) is 6.64. The van der Waals surface area contributed by atoms with Crippen molar-refractivity contribution in [2.75, 3.05) is 30.3 Å². The zero-order chi connectivity index (χ0) is 16.7. The molecule has 1 unspecified atom stereocenters. The van der Waals surface area contributed by atoms with Crippen LogP contribution in [0.2, 0.25) is 0 Å². The minimum Gasteiger partial charge on any atom is -0.317 e. The van der Waals surface area contributed by atoms with Gasteiger partial charge >= 0.3 is 0 Å². The summed E-state index contributed by atoms with van der Waals surface area (Å²) in [7, 11) is 1.84. The lowest BCUT2D eigenvalue weighted by molar-refractivity contribution is -0.135. The Bertz CT molecular complexity index is 672. The molecule has 1 aromatic rings. The monoisotopic (exact) mass is 330 g/mol. The van der Waals surface area contributed by atoms with Crippen molar-refractivity contribution in [2.24, 2.45) is 0 Å². The quantitative estimate of drug-likeness (QED) is 0.790. The van der Waals surface area contributed by atoms with Crippen LogP contribution in [0.3, 0.4) is 0 Å². The molecule has 128 valence electrons. The molecule has 0 aromatic heterocycles. The van der Waals surface area contributed by atoms with E-state index >= 15 is 0 Å². The molecule has 0 spiro atoms. The van der Waals surface area contributed by atoms with Crippen molar-refractivity contribution in [3.8, 4) is 0 Å². The Labute approximate surface area is 140 Å². The lowest BCUT2D eigenvalue weighted by atomic mass is 9.89. The van der Waals surface area contributed by atoms with Crippen molar-refractivity contribution >= 4 is 23.2 Å². The number of carbonyl (C=O) groups excluding carboxylic acids is 2. The van der Waals surface area contributed by atoms with Crippen molar-refractivity contribution in [3.63, 3.8) is 0 Å². The molecule has 1 aromatic carbocycles. The second-order valence-corrected chi connectivity index (χ2v) is 6.64. The third kappa shape index (κ3) is 2.63. The predicted octanol–water partition coefficient (Wildman–Crippen LogP) is 1.06. The van der Waals surface area contributed by atoms with Gasteiger partial charge in [0, 0.05) is 13.5 Å². The smallest absolute Gasteiger partial charge is 0.251 e. The topological polar surface area (TPSA) is 73.9 Å². The van der Waals surface area contributed by atoms with Gasteiger partial charge in [-0.3, -0.25) is 14.9 Å². The molecule has 3 aliphatic heterocycles. The molecule has 0 aliphatic carbocycles. The van der Waals surface area contributed by atoms with Gasteiger partial charge in [0.1, 0.15) is 6.04 Å². The number of hydrogen-bond acceptors (Lipinski definition) is 6. The SMILES string of the molecule is CN1ON(C2CCC(=O)NC2=O)c2ccc(C3CCNCC3)cc21. The van der Waals surface area contributed by atoms with E-state index in [2.05, 4.69) is 22.8 Å². The molecular formula is C17H22N4O3. The van der Waals surface area contributed by atoms with Crippen LogP contribution < -0.4 is 20.8 Å². The first-order chi connectivity index (χ1) is 11.6. The largest absolute Gasteiger partial charge is 0.317 e. The minimum atomic E-state index is -0.476. The molecule has 3 aliphatic rings. The highest BCUT2D eigenvalue weighted by Crippen LogP contribution is 2.41. The van der Waals surface area contributed by atoms with Crippen LogP contribution in [0, 0.1) is 0 Å². The number of rotatable bonds is 2. The summed E-state index contributed by atoms with van der Waals surface area (Å²) in [4.78, 5) is 29.3. The number of hydrogen-bond donors (Lipinski definition) is 2. The van der Waals surface area contributed by atoms with Crippen LogP contribution in [0.25, 0.3) is 0 Å². The van der Waals surface area contributed by atoms with Crippen LogP contribution in [0.1, 0.15) is 37.2 Å². The number of amides is 2. The molecule has 7 heteroatoms. The minimum absolute atomic E-state index is 0.217. The average Bonchev–Trinajstić information content (AvgIpc) is 2.92. The first-order valence-electron chi connectivity index (χ1n) is 8.53. The fraction of sp³-hybridized carbons (Fsp3) is 0.529. The Balaban J connectivity index is 1.60. The summed E-state index contributed by atoms with van der Waals surface area (Å²) in [5.74, 6) is 0.0508. The number of benzene rings is 1. The Morgan fingerprint density at radius 3 is 2.67 bits per heavy atom. The van der Waals surface area contributed by atoms with Crippen LogP contribution in [-0.4, -0.2) is 38.0 Å². The number of fused-ring (bicyclic) bond motifs is 1. The second kappa shape index (κ2) is 6.07. The van der Waals surface area contributed by atoms with E-state index in [0.717, 1.165) is 37.3 Å². The molecule has 2 fully saturated rings.